The molecule has 2 atom stereocenters. The number of benzene rings is 1. The molecule has 0 bridgehead atoms. The predicted molar refractivity (Wildman–Crippen MR) is 133 cm³/mol. The number of carboxylic acids is 2. The Hall–Kier alpha value is -3.89. The Kier molecular flexibility index (Phi) is 9.20. The minimum absolute atomic E-state index is 0.00360. The quantitative estimate of drug-likeness (QED) is 0.200. The lowest BCUT2D eigenvalue weighted by Gasteiger charge is -2.47. The average Bonchev–Trinajstić information content (AvgIpc) is 3.17. The number of aliphatic carboxylic acids is 2. The lowest BCUT2D eigenvalue weighted by molar-refractivity contribution is -0.923. The number of rotatable bonds is 6. The molecule has 12 nitrogen and oxygen atoms in total. The number of thioether (sulfide) groups is 1. The van der Waals surface area contributed by atoms with E-state index >= 15 is 0 Å². The molecule has 0 aliphatic carbocycles. The first-order chi connectivity index (χ1) is 18.9. The van der Waals surface area contributed by atoms with Crippen molar-refractivity contribution in [1.29, 1.82) is 0 Å². The smallest absolute Gasteiger partial charge is 0.430 e. The normalized spacial score (nSPS) is 20.9. The van der Waals surface area contributed by atoms with E-state index in [-0.39, 0.29) is 28.5 Å². The summed E-state index contributed by atoms with van der Waals surface area (Å²) in [6.45, 7) is 4.45. The van der Waals surface area contributed by atoms with Gasteiger partial charge in [0.2, 0.25) is 5.91 Å². The summed E-state index contributed by atoms with van der Waals surface area (Å²) in [7, 11) is 2.05. The summed E-state index contributed by atoms with van der Waals surface area (Å²) >= 11 is 1.46. The van der Waals surface area contributed by atoms with Gasteiger partial charge in [-0.2, -0.15) is 13.2 Å². The van der Waals surface area contributed by atoms with Crippen LogP contribution in [0.4, 0.5) is 13.2 Å². The average molecular weight is 602 g/mol. The van der Waals surface area contributed by atoms with Gasteiger partial charge in [0.25, 0.3) is 0 Å². The number of alkyl halides is 3. The molecule has 3 aliphatic heterocycles. The van der Waals surface area contributed by atoms with Gasteiger partial charge in [-0.1, -0.05) is 6.08 Å². The van der Waals surface area contributed by atoms with E-state index in [0.717, 1.165) is 11.1 Å². The van der Waals surface area contributed by atoms with Crippen LogP contribution >= 0.6 is 11.8 Å². The molecule has 0 radical (unpaired) electrons. The highest BCUT2D eigenvalue weighted by Crippen LogP contribution is 2.40. The van der Waals surface area contributed by atoms with Gasteiger partial charge in [0.1, 0.15) is 36.2 Å². The highest BCUT2D eigenvalue weighted by Gasteiger charge is 2.51. The predicted octanol–water partition coefficient (Wildman–Crippen LogP) is 0.433. The molecular weight excluding hydrogens is 575 g/mol. The number of esters is 2. The van der Waals surface area contributed by atoms with Crippen molar-refractivity contribution in [3.63, 3.8) is 0 Å². The van der Waals surface area contributed by atoms with Crippen LogP contribution < -0.4 is 20.3 Å². The van der Waals surface area contributed by atoms with Gasteiger partial charge in [0, 0.05) is 30.7 Å². The number of nitrogens with zero attached hydrogens (tertiary/aromatic N) is 2. The summed E-state index contributed by atoms with van der Waals surface area (Å²) in [4.78, 5) is 57.0. The van der Waals surface area contributed by atoms with E-state index in [2.05, 4.69) is 7.05 Å². The molecule has 1 aromatic rings. The first-order valence-corrected chi connectivity index (χ1v) is 13.0. The Morgan fingerprint density at radius 2 is 1.63 bits per heavy atom. The van der Waals surface area contributed by atoms with E-state index in [1.807, 2.05) is 6.08 Å². The lowest BCUT2D eigenvalue weighted by atomic mass is 10.0. The van der Waals surface area contributed by atoms with Gasteiger partial charge in [-0.05, 0) is 23.8 Å². The first-order valence-electron chi connectivity index (χ1n) is 11.9. The minimum atomic E-state index is -5.19. The molecule has 3 heterocycles. The molecular formula is C25H26F3N3O9S. The Morgan fingerprint density at radius 3 is 2.05 bits per heavy atom. The molecule has 1 saturated heterocycles. The van der Waals surface area contributed by atoms with E-state index in [4.69, 9.17) is 25.1 Å². The SMILES string of the molecule is CC(=O)Oc1cc2c(cc1OC(C)=O)C[N+](C)(C/C=C/C1=C(C(=O)O)N3C(=O)C(N)[C@H]3SC1)C2.O=C([O-])C(F)(F)F. The topological polar surface area (TPSA) is 176 Å². The van der Waals surface area contributed by atoms with Crippen LogP contribution in [0.2, 0.25) is 0 Å². The number of allylic oxidation sites excluding steroid dienone is 1. The molecule has 0 saturated carbocycles. The fourth-order valence-electron chi connectivity index (χ4n) is 4.53. The van der Waals surface area contributed by atoms with Crippen molar-refractivity contribution in [2.24, 2.45) is 5.73 Å². The zero-order chi connectivity index (χ0) is 30.9. The molecule has 1 amide bonds. The second-order valence-electron chi connectivity index (χ2n) is 9.68. The number of nitrogens with two attached hydrogens (primary N) is 1. The van der Waals surface area contributed by atoms with Crippen molar-refractivity contribution in [3.05, 3.63) is 46.7 Å². The Labute approximate surface area is 235 Å². The van der Waals surface area contributed by atoms with Crippen molar-refractivity contribution in [2.45, 2.75) is 44.5 Å². The maximum absolute atomic E-state index is 12.1. The summed E-state index contributed by atoms with van der Waals surface area (Å²) in [6, 6.07) is 2.79. The van der Waals surface area contributed by atoms with Crippen LogP contribution in [-0.2, 0) is 37.1 Å². The lowest BCUT2D eigenvalue weighted by Crippen LogP contribution is -2.68. The highest BCUT2D eigenvalue weighted by atomic mass is 32.2. The number of β-lactam (4-membered cyclic amide) rings is 1. The third-order valence-electron chi connectivity index (χ3n) is 6.22. The molecule has 3 aliphatic rings. The number of halogens is 3. The molecule has 0 aromatic heterocycles. The molecule has 16 heteroatoms. The van der Waals surface area contributed by atoms with Crippen LogP contribution in [0.15, 0.2) is 35.6 Å². The van der Waals surface area contributed by atoms with Crippen LogP contribution in [0.1, 0.15) is 25.0 Å². The number of quaternary nitrogens is 1. The van der Waals surface area contributed by atoms with E-state index in [0.29, 0.717) is 35.4 Å². The number of likely N-dealkylation sites (N-methyl/N-ethyl adjacent to an activating group) is 1. The number of ether oxygens (including phenoxy) is 2. The third kappa shape index (κ3) is 7.25. The van der Waals surface area contributed by atoms with Crippen molar-refractivity contribution in [2.75, 3.05) is 19.3 Å². The second-order valence-corrected chi connectivity index (χ2v) is 10.8. The van der Waals surface area contributed by atoms with Crippen LogP contribution in [0.3, 0.4) is 0 Å². The Balaban J connectivity index is 0.000000587. The molecule has 222 valence electrons. The van der Waals surface area contributed by atoms with Gasteiger partial charge in [-0.3, -0.25) is 19.3 Å². The van der Waals surface area contributed by atoms with Crippen molar-refractivity contribution in [1.82, 2.24) is 4.90 Å². The summed E-state index contributed by atoms with van der Waals surface area (Å²) in [6.07, 6.45) is -1.51. The van der Waals surface area contributed by atoms with E-state index < -0.39 is 36.1 Å². The number of carbonyl (C=O) groups excluding carboxylic acids is 4. The summed E-state index contributed by atoms with van der Waals surface area (Å²) in [5.74, 6) is -4.68. The molecule has 0 spiro atoms. The maximum atomic E-state index is 12.1. The van der Waals surface area contributed by atoms with Gasteiger partial charge >= 0.3 is 24.1 Å². The first kappa shape index (κ1) is 31.6. The fourth-order valence-corrected chi connectivity index (χ4v) is 5.80. The van der Waals surface area contributed by atoms with Gasteiger partial charge < -0.3 is 34.7 Å². The van der Waals surface area contributed by atoms with Crippen molar-refractivity contribution in [3.8, 4) is 11.5 Å². The molecule has 3 N–H and O–H groups in total. The maximum Gasteiger partial charge on any atom is 0.430 e. The Morgan fingerprint density at radius 1 is 1.15 bits per heavy atom. The largest absolute Gasteiger partial charge is 0.542 e. The zero-order valence-electron chi connectivity index (χ0n) is 22.0. The van der Waals surface area contributed by atoms with Crippen molar-refractivity contribution >= 4 is 41.5 Å². The van der Waals surface area contributed by atoms with Crippen LogP contribution in [0.5, 0.6) is 11.5 Å². The number of fused-ring (bicyclic) bond motifs is 2. The molecule has 4 rings (SSSR count). The summed E-state index contributed by atoms with van der Waals surface area (Å²) in [5.41, 5.74) is 8.32. The van der Waals surface area contributed by atoms with Gasteiger partial charge in [-0.25, -0.2) is 4.79 Å². The second kappa shape index (κ2) is 11.9. The number of amides is 1. The Bertz CT molecular complexity index is 1310. The van der Waals surface area contributed by atoms with Crippen LogP contribution in [-0.4, -0.2) is 81.2 Å². The molecule has 41 heavy (non-hydrogen) atoms. The fraction of sp³-hybridized carbons (Fsp3) is 0.400. The van der Waals surface area contributed by atoms with Crippen LogP contribution in [0, 0.1) is 0 Å². The van der Waals surface area contributed by atoms with E-state index in [1.165, 1.54) is 30.5 Å². The third-order valence-corrected chi connectivity index (χ3v) is 7.54. The number of carbonyl (C=O) groups is 5. The zero-order valence-corrected chi connectivity index (χ0v) is 22.8. The van der Waals surface area contributed by atoms with Crippen LogP contribution in [0.25, 0.3) is 0 Å². The number of hydrogen-bond acceptors (Lipinski definition) is 10. The number of hydrogen-bond donors (Lipinski definition) is 2. The molecule has 1 aromatic carbocycles. The molecule has 1 unspecified atom stereocenters. The van der Waals surface area contributed by atoms with E-state index in [1.54, 1.807) is 18.2 Å². The molecule has 1 fully saturated rings. The van der Waals surface area contributed by atoms with Gasteiger partial charge in [-0.15, -0.1) is 11.8 Å². The van der Waals surface area contributed by atoms with Crippen molar-refractivity contribution < 1.29 is 61.3 Å². The number of carboxylic acid groups (broad SMARTS) is 2. The standard InChI is InChI=1S/C23H25N3O7S.C2HF3O2/c1-12(27)32-17-7-15-9-26(3,10-16(15)8-18(17)33-13(2)28)6-4-5-14-11-34-22-19(24)21(29)25(22)20(14)23(30)31;3-2(4,5)1(6)7/h4-5,7-8,19,22H,6,9-11,24H2,1-3H3;(H,6,7)/b5-4+;/t19?,22-;/m1./s1. The van der Waals surface area contributed by atoms with E-state index in [9.17, 15) is 37.5 Å². The minimum Gasteiger partial charge on any atom is -0.542 e. The van der Waals surface area contributed by atoms with Gasteiger partial charge in [0.15, 0.2) is 11.5 Å². The highest BCUT2D eigenvalue weighted by molar-refractivity contribution is 8.00. The monoisotopic (exact) mass is 601 g/mol. The summed E-state index contributed by atoms with van der Waals surface area (Å²) < 4.78 is 42.6. The summed E-state index contributed by atoms with van der Waals surface area (Å²) in [5, 5.41) is 18.1. The van der Waals surface area contributed by atoms with Gasteiger partial charge in [0.05, 0.1) is 13.6 Å².